The highest BCUT2D eigenvalue weighted by atomic mass is 32.2. The van der Waals surface area contributed by atoms with Crippen molar-refractivity contribution in [3.63, 3.8) is 0 Å². The number of esters is 1. The van der Waals surface area contributed by atoms with Crippen LogP contribution >= 0.6 is 0 Å². The number of carbonyl (C=O) groups is 3. The molecule has 1 atom stereocenters. The van der Waals surface area contributed by atoms with Crippen molar-refractivity contribution in [1.29, 1.82) is 0 Å². The molecule has 0 radical (unpaired) electrons. The van der Waals surface area contributed by atoms with Gasteiger partial charge in [-0.15, -0.1) is 0 Å². The van der Waals surface area contributed by atoms with E-state index in [9.17, 15) is 22.8 Å². The van der Waals surface area contributed by atoms with Crippen molar-refractivity contribution < 1.29 is 37.0 Å². The SMILES string of the molecule is Cc1ccc(S(=O)(=O)N(C)C)cc1NC(=O)COC(=O)[C@H]1CC(=O)N(c2ccc3c(c2)OCCO3)C1. The van der Waals surface area contributed by atoms with E-state index in [1.54, 1.807) is 31.2 Å². The molecular weight excluding hydrogens is 490 g/mol. The first-order valence-electron chi connectivity index (χ1n) is 11.3. The van der Waals surface area contributed by atoms with Crippen LogP contribution in [0.5, 0.6) is 11.5 Å². The third kappa shape index (κ3) is 5.29. The van der Waals surface area contributed by atoms with Gasteiger partial charge >= 0.3 is 5.97 Å². The Morgan fingerprint density at radius 1 is 1.11 bits per heavy atom. The van der Waals surface area contributed by atoms with Crippen molar-refractivity contribution in [3.05, 3.63) is 42.0 Å². The first-order valence-corrected chi connectivity index (χ1v) is 12.7. The van der Waals surface area contributed by atoms with Gasteiger partial charge in [0.15, 0.2) is 18.1 Å². The van der Waals surface area contributed by atoms with Crippen molar-refractivity contribution in [2.45, 2.75) is 18.2 Å². The van der Waals surface area contributed by atoms with Gasteiger partial charge in [-0.2, -0.15) is 0 Å². The molecule has 2 aromatic rings. The van der Waals surface area contributed by atoms with Crippen LogP contribution in [0.4, 0.5) is 11.4 Å². The lowest BCUT2D eigenvalue weighted by Gasteiger charge is -2.22. The number of hydrogen-bond donors (Lipinski definition) is 1. The quantitative estimate of drug-likeness (QED) is 0.548. The lowest BCUT2D eigenvalue weighted by atomic mass is 10.1. The number of nitrogens with zero attached hydrogens (tertiary/aromatic N) is 2. The molecule has 12 heteroatoms. The fraction of sp³-hybridized carbons (Fsp3) is 0.375. The van der Waals surface area contributed by atoms with E-state index in [1.165, 1.54) is 31.1 Å². The predicted molar refractivity (Wildman–Crippen MR) is 130 cm³/mol. The number of rotatable bonds is 7. The molecule has 1 saturated heterocycles. The number of aryl methyl sites for hydroxylation is 1. The van der Waals surface area contributed by atoms with Crippen LogP contribution in [-0.2, 0) is 29.1 Å². The monoisotopic (exact) mass is 517 g/mol. The lowest BCUT2D eigenvalue weighted by molar-refractivity contribution is -0.151. The number of benzene rings is 2. The van der Waals surface area contributed by atoms with E-state index < -0.39 is 34.4 Å². The second-order valence-corrected chi connectivity index (χ2v) is 10.8. The number of fused-ring (bicyclic) bond motifs is 1. The lowest BCUT2D eigenvalue weighted by Crippen LogP contribution is -2.28. The molecule has 0 aliphatic carbocycles. The number of ether oxygens (including phenoxy) is 3. The van der Waals surface area contributed by atoms with E-state index in [0.717, 1.165) is 4.31 Å². The number of sulfonamides is 1. The minimum atomic E-state index is -3.68. The zero-order valence-corrected chi connectivity index (χ0v) is 21.0. The van der Waals surface area contributed by atoms with E-state index in [0.29, 0.717) is 41.7 Å². The Morgan fingerprint density at radius 3 is 2.56 bits per heavy atom. The molecule has 2 aliphatic heterocycles. The van der Waals surface area contributed by atoms with Crippen LogP contribution < -0.4 is 19.7 Å². The van der Waals surface area contributed by atoms with Crippen molar-refractivity contribution in [2.24, 2.45) is 5.92 Å². The minimum Gasteiger partial charge on any atom is -0.486 e. The van der Waals surface area contributed by atoms with Crippen molar-refractivity contribution in [2.75, 3.05) is 50.7 Å². The van der Waals surface area contributed by atoms with Gasteiger partial charge in [-0.25, -0.2) is 12.7 Å². The maximum absolute atomic E-state index is 12.6. The standard InChI is InChI=1S/C24H27N3O8S/c1-15-4-6-18(36(31,32)26(2)3)12-19(15)25-22(28)14-35-24(30)16-10-23(29)27(13-16)17-5-7-20-21(11-17)34-9-8-33-20/h4-7,11-12,16H,8-10,13-14H2,1-3H3,(H,25,28)/t16-/m0/s1. The predicted octanol–water partition coefficient (Wildman–Crippen LogP) is 1.55. The van der Waals surface area contributed by atoms with Crippen LogP contribution in [0.2, 0.25) is 0 Å². The summed E-state index contributed by atoms with van der Waals surface area (Å²) in [4.78, 5) is 39.0. The Bertz CT molecular complexity index is 1310. The molecule has 2 aromatic carbocycles. The molecule has 1 fully saturated rings. The highest BCUT2D eigenvalue weighted by molar-refractivity contribution is 7.89. The summed E-state index contributed by atoms with van der Waals surface area (Å²) in [6.45, 7) is 2.12. The average molecular weight is 518 g/mol. The minimum absolute atomic E-state index is 0.0223. The highest BCUT2D eigenvalue weighted by Gasteiger charge is 2.37. The molecule has 2 aliphatic rings. The summed E-state index contributed by atoms with van der Waals surface area (Å²) in [5.74, 6) is -1.13. The summed E-state index contributed by atoms with van der Waals surface area (Å²) >= 11 is 0. The van der Waals surface area contributed by atoms with E-state index in [2.05, 4.69) is 5.32 Å². The molecule has 0 saturated carbocycles. The molecule has 0 aromatic heterocycles. The summed E-state index contributed by atoms with van der Waals surface area (Å²) in [7, 11) is -0.858. The van der Waals surface area contributed by atoms with E-state index in [4.69, 9.17) is 14.2 Å². The van der Waals surface area contributed by atoms with Gasteiger partial charge in [0.05, 0.1) is 10.8 Å². The zero-order chi connectivity index (χ0) is 26.0. The van der Waals surface area contributed by atoms with E-state index in [1.807, 2.05) is 0 Å². The van der Waals surface area contributed by atoms with Crippen LogP contribution in [0.15, 0.2) is 41.3 Å². The number of nitrogens with one attached hydrogen (secondary N) is 1. The van der Waals surface area contributed by atoms with E-state index in [-0.39, 0.29) is 23.8 Å². The van der Waals surface area contributed by atoms with Gasteiger partial charge in [0.1, 0.15) is 13.2 Å². The number of amides is 2. The smallest absolute Gasteiger partial charge is 0.311 e. The molecule has 2 heterocycles. The Labute approximate surface area is 209 Å². The summed E-state index contributed by atoms with van der Waals surface area (Å²) in [6, 6.07) is 9.51. The maximum atomic E-state index is 12.6. The molecule has 1 N–H and O–H groups in total. The van der Waals surface area contributed by atoms with Crippen LogP contribution in [0.3, 0.4) is 0 Å². The summed E-state index contributed by atoms with van der Waals surface area (Å²) < 4.78 is 42.0. The normalized spacial score (nSPS) is 17.3. The fourth-order valence-corrected chi connectivity index (χ4v) is 4.79. The van der Waals surface area contributed by atoms with Gasteiger partial charge in [-0.3, -0.25) is 14.4 Å². The first kappa shape index (κ1) is 25.5. The Balaban J connectivity index is 1.35. The van der Waals surface area contributed by atoms with E-state index >= 15 is 0 Å². The number of hydrogen-bond acceptors (Lipinski definition) is 8. The maximum Gasteiger partial charge on any atom is 0.311 e. The van der Waals surface area contributed by atoms with Crippen molar-refractivity contribution in [3.8, 4) is 11.5 Å². The second-order valence-electron chi connectivity index (χ2n) is 8.65. The Kier molecular flexibility index (Phi) is 7.18. The van der Waals surface area contributed by atoms with Gasteiger partial charge in [0.2, 0.25) is 15.9 Å². The van der Waals surface area contributed by atoms with Crippen LogP contribution in [0.25, 0.3) is 0 Å². The van der Waals surface area contributed by atoms with Crippen LogP contribution in [-0.4, -0.2) is 71.0 Å². The van der Waals surface area contributed by atoms with Gasteiger partial charge in [0.25, 0.3) is 5.91 Å². The Morgan fingerprint density at radius 2 is 1.83 bits per heavy atom. The highest BCUT2D eigenvalue weighted by Crippen LogP contribution is 2.36. The third-order valence-electron chi connectivity index (χ3n) is 5.90. The van der Waals surface area contributed by atoms with Crippen LogP contribution in [0.1, 0.15) is 12.0 Å². The van der Waals surface area contributed by atoms with Gasteiger partial charge in [-0.05, 0) is 36.8 Å². The van der Waals surface area contributed by atoms with Crippen molar-refractivity contribution >= 4 is 39.2 Å². The van der Waals surface area contributed by atoms with Crippen LogP contribution in [0, 0.1) is 12.8 Å². The second kappa shape index (κ2) is 10.2. The van der Waals surface area contributed by atoms with Crippen molar-refractivity contribution in [1.82, 2.24) is 4.31 Å². The number of anilines is 2. The fourth-order valence-electron chi connectivity index (χ4n) is 3.86. The molecular formula is C24H27N3O8S. The third-order valence-corrected chi connectivity index (χ3v) is 7.71. The molecule has 36 heavy (non-hydrogen) atoms. The topological polar surface area (TPSA) is 132 Å². The first-order chi connectivity index (χ1) is 17.1. The largest absolute Gasteiger partial charge is 0.486 e. The zero-order valence-electron chi connectivity index (χ0n) is 20.1. The summed E-state index contributed by atoms with van der Waals surface area (Å²) in [5.41, 5.74) is 1.52. The number of carbonyl (C=O) groups excluding carboxylic acids is 3. The molecule has 4 rings (SSSR count). The molecule has 192 valence electrons. The summed E-state index contributed by atoms with van der Waals surface area (Å²) in [6.07, 6.45) is -0.0432. The molecule has 0 spiro atoms. The summed E-state index contributed by atoms with van der Waals surface area (Å²) in [5, 5.41) is 2.58. The molecule has 2 amide bonds. The molecule has 0 unspecified atom stereocenters. The van der Waals surface area contributed by atoms with Gasteiger partial charge in [0, 0.05) is 44.5 Å². The molecule has 0 bridgehead atoms. The average Bonchev–Trinajstić information content (AvgIpc) is 3.25. The van der Waals surface area contributed by atoms with Gasteiger partial charge in [-0.1, -0.05) is 6.07 Å². The van der Waals surface area contributed by atoms with Gasteiger partial charge < -0.3 is 24.4 Å². The Hall–Kier alpha value is -3.64. The molecule has 11 nitrogen and oxygen atoms in total.